The summed E-state index contributed by atoms with van der Waals surface area (Å²) in [6, 6.07) is 28.8. The molecule has 0 saturated carbocycles. The van der Waals surface area contributed by atoms with Gasteiger partial charge in [0.15, 0.2) is 0 Å². The normalized spacial score (nSPS) is 13.0. The van der Waals surface area contributed by atoms with Gasteiger partial charge in [0, 0.05) is 49.2 Å². The van der Waals surface area contributed by atoms with E-state index in [4.69, 9.17) is 30.9 Å². The SMILES string of the molecule is Cc1c(COc2cc(OCc3cncc(C#N)c3)c(CN3CCCCC3)cc2Cl)cccc1-c1cccc(-c2ccc(OCCNCCO)cc2)c1C. The number of nitrogens with one attached hydrogen (secondary N) is 1. The fourth-order valence-corrected chi connectivity index (χ4v) is 7.04. The van der Waals surface area contributed by atoms with Crippen LogP contribution in [-0.2, 0) is 19.8 Å². The first kappa shape index (κ1) is 37.8. The summed E-state index contributed by atoms with van der Waals surface area (Å²) in [5.41, 5.74) is 10.3. The number of rotatable bonds is 16. The van der Waals surface area contributed by atoms with Gasteiger partial charge in [-0.3, -0.25) is 9.88 Å². The van der Waals surface area contributed by atoms with Crippen LogP contribution in [0.25, 0.3) is 22.3 Å². The number of nitrogens with zero attached hydrogens (tertiary/aromatic N) is 3. The van der Waals surface area contributed by atoms with E-state index in [0.29, 0.717) is 48.4 Å². The van der Waals surface area contributed by atoms with Crippen molar-refractivity contribution in [2.75, 3.05) is 39.4 Å². The van der Waals surface area contributed by atoms with Gasteiger partial charge >= 0.3 is 0 Å². The van der Waals surface area contributed by atoms with Crippen molar-refractivity contribution < 1.29 is 19.3 Å². The van der Waals surface area contributed by atoms with Crippen LogP contribution >= 0.6 is 11.6 Å². The number of aliphatic hydroxyl groups excluding tert-OH is 1. The average molecular weight is 731 g/mol. The predicted octanol–water partition coefficient (Wildman–Crippen LogP) is 8.66. The molecule has 4 aromatic carbocycles. The van der Waals surface area contributed by atoms with Crippen molar-refractivity contribution in [3.05, 3.63) is 130 Å². The van der Waals surface area contributed by atoms with Gasteiger partial charge in [-0.25, -0.2) is 0 Å². The molecule has 0 amide bonds. The Hall–Kier alpha value is -4.91. The second-order valence-corrected chi connectivity index (χ2v) is 13.8. The van der Waals surface area contributed by atoms with Crippen molar-refractivity contribution in [1.29, 1.82) is 5.26 Å². The van der Waals surface area contributed by atoms with Gasteiger partial charge in [0.2, 0.25) is 0 Å². The molecule has 8 nitrogen and oxygen atoms in total. The van der Waals surface area contributed by atoms with E-state index in [1.165, 1.54) is 36.0 Å². The molecule has 0 spiro atoms. The van der Waals surface area contributed by atoms with Crippen molar-refractivity contribution in [3.63, 3.8) is 0 Å². The quantitative estimate of drug-likeness (QED) is 0.0974. The molecule has 1 aliphatic heterocycles. The lowest BCUT2D eigenvalue weighted by Crippen LogP contribution is -2.29. The molecule has 2 N–H and O–H groups in total. The Labute approximate surface area is 317 Å². The monoisotopic (exact) mass is 730 g/mol. The summed E-state index contributed by atoms with van der Waals surface area (Å²) < 4.78 is 18.7. The van der Waals surface area contributed by atoms with Crippen LogP contribution in [-0.4, -0.2) is 54.4 Å². The first-order chi connectivity index (χ1) is 25.9. The number of piperidine rings is 1. The van der Waals surface area contributed by atoms with Gasteiger partial charge in [0.1, 0.15) is 43.1 Å². The summed E-state index contributed by atoms with van der Waals surface area (Å²) in [4.78, 5) is 6.63. The van der Waals surface area contributed by atoms with Crippen molar-refractivity contribution in [2.24, 2.45) is 0 Å². The van der Waals surface area contributed by atoms with E-state index in [1.54, 1.807) is 18.5 Å². The molecule has 1 aromatic heterocycles. The third-order valence-electron chi connectivity index (χ3n) is 9.73. The molecule has 0 unspecified atom stereocenters. The van der Waals surface area contributed by atoms with Gasteiger partial charge in [-0.15, -0.1) is 0 Å². The highest BCUT2D eigenvalue weighted by Crippen LogP contribution is 2.37. The Balaban J connectivity index is 1.19. The highest BCUT2D eigenvalue weighted by Gasteiger charge is 2.18. The lowest BCUT2D eigenvalue weighted by Gasteiger charge is -2.27. The van der Waals surface area contributed by atoms with Crippen LogP contribution < -0.4 is 19.5 Å². The van der Waals surface area contributed by atoms with Crippen LogP contribution in [0.5, 0.6) is 17.2 Å². The van der Waals surface area contributed by atoms with Crippen LogP contribution in [0.4, 0.5) is 0 Å². The third-order valence-corrected chi connectivity index (χ3v) is 10.0. The van der Waals surface area contributed by atoms with E-state index in [2.05, 4.69) is 83.6 Å². The van der Waals surface area contributed by atoms with Crippen LogP contribution in [0.2, 0.25) is 5.02 Å². The fraction of sp³-hybridized carbons (Fsp3) is 0.318. The number of aromatic nitrogens is 1. The lowest BCUT2D eigenvalue weighted by atomic mass is 9.89. The second kappa shape index (κ2) is 18.7. The van der Waals surface area contributed by atoms with E-state index in [-0.39, 0.29) is 13.2 Å². The van der Waals surface area contributed by atoms with Gasteiger partial charge in [-0.2, -0.15) is 5.26 Å². The first-order valence-corrected chi connectivity index (χ1v) is 18.7. The number of halogens is 1. The molecule has 0 bridgehead atoms. The molecular formula is C44H47ClN4O4. The molecule has 1 aliphatic rings. The molecule has 5 aromatic rings. The highest BCUT2D eigenvalue weighted by molar-refractivity contribution is 6.32. The molecule has 6 rings (SSSR count). The Morgan fingerprint density at radius 2 is 1.53 bits per heavy atom. The molecular weight excluding hydrogens is 684 g/mol. The van der Waals surface area contributed by atoms with E-state index in [1.807, 2.05) is 24.3 Å². The highest BCUT2D eigenvalue weighted by atomic mass is 35.5. The summed E-state index contributed by atoms with van der Waals surface area (Å²) in [6.07, 6.45) is 6.91. The van der Waals surface area contributed by atoms with Gasteiger partial charge in [0.05, 0.1) is 17.2 Å². The Bertz CT molecular complexity index is 2020. The Morgan fingerprint density at radius 1 is 0.792 bits per heavy atom. The van der Waals surface area contributed by atoms with Crippen LogP contribution in [0.15, 0.2) is 91.3 Å². The minimum absolute atomic E-state index is 0.117. The summed E-state index contributed by atoms with van der Waals surface area (Å²) in [6.45, 7) is 9.67. The number of nitriles is 1. The predicted molar refractivity (Wildman–Crippen MR) is 210 cm³/mol. The number of ether oxygens (including phenoxy) is 3. The first-order valence-electron chi connectivity index (χ1n) is 18.3. The number of aliphatic hydroxyl groups is 1. The second-order valence-electron chi connectivity index (χ2n) is 13.4. The summed E-state index contributed by atoms with van der Waals surface area (Å²) in [7, 11) is 0. The lowest BCUT2D eigenvalue weighted by molar-refractivity contribution is 0.214. The molecule has 9 heteroatoms. The van der Waals surface area contributed by atoms with Gasteiger partial charge in [-0.05, 0) is 103 Å². The zero-order valence-corrected chi connectivity index (χ0v) is 31.3. The molecule has 0 aliphatic carbocycles. The summed E-state index contributed by atoms with van der Waals surface area (Å²) >= 11 is 6.89. The maximum absolute atomic E-state index is 9.34. The minimum atomic E-state index is 0.117. The van der Waals surface area contributed by atoms with E-state index >= 15 is 0 Å². The van der Waals surface area contributed by atoms with E-state index < -0.39 is 0 Å². The smallest absolute Gasteiger partial charge is 0.142 e. The number of pyridine rings is 1. The Morgan fingerprint density at radius 3 is 2.30 bits per heavy atom. The van der Waals surface area contributed by atoms with E-state index in [0.717, 1.165) is 58.8 Å². The topological polar surface area (TPSA) is 99.9 Å². The largest absolute Gasteiger partial charge is 0.492 e. The van der Waals surface area contributed by atoms with Crippen LogP contribution in [0.1, 0.15) is 52.6 Å². The standard InChI is InChI=1S/C44H47ClN4O4/c1-31-36(8-6-10-40(31)41-11-7-9-39(32(41)2)35-12-14-38(15-13-35)51-21-17-47-16-20-50)30-53-44-24-43(52-29-34-22-33(25-46)26-48-27-34)37(23-42(44)45)28-49-18-4-3-5-19-49/h6-15,22-24,26-27,47,50H,3-5,16-21,28-30H2,1-2H3. The number of likely N-dealkylation sites (tertiary alicyclic amines) is 1. The van der Waals surface area contributed by atoms with Crippen molar-refractivity contribution in [3.8, 4) is 45.6 Å². The van der Waals surface area contributed by atoms with Gasteiger partial charge < -0.3 is 24.6 Å². The summed E-state index contributed by atoms with van der Waals surface area (Å²) in [5.74, 6) is 2.09. The van der Waals surface area contributed by atoms with Crippen molar-refractivity contribution in [2.45, 2.75) is 52.9 Å². The number of hydrogen-bond acceptors (Lipinski definition) is 8. The third kappa shape index (κ3) is 9.95. The molecule has 1 saturated heterocycles. The maximum atomic E-state index is 9.34. The molecule has 0 atom stereocenters. The molecule has 53 heavy (non-hydrogen) atoms. The zero-order chi connectivity index (χ0) is 37.0. The van der Waals surface area contributed by atoms with E-state index in [9.17, 15) is 5.26 Å². The van der Waals surface area contributed by atoms with Crippen LogP contribution in [0.3, 0.4) is 0 Å². The minimum Gasteiger partial charge on any atom is -0.492 e. The summed E-state index contributed by atoms with van der Waals surface area (Å²) in [5, 5.41) is 21.9. The Kier molecular flexibility index (Phi) is 13.4. The molecule has 1 fully saturated rings. The maximum Gasteiger partial charge on any atom is 0.142 e. The van der Waals surface area contributed by atoms with Gasteiger partial charge in [0.25, 0.3) is 0 Å². The number of hydrogen-bond donors (Lipinski definition) is 2. The number of benzene rings is 4. The van der Waals surface area contributed by atoms with Crippen LogP contribution in [0, 0.1) is 25.2 Å². The fourth-order valence-electron chi connectivity index (χ4n) is 6.79. The average Bonchev–Trinajstić information content (AvgIpc) is 3.18. The molecule has 2 heterocycles. The van der Waals surface area contributed by atoms with Crippen molar-refractivity contribution in [1.82, 2.24) is 15.2 Å². The van der Waals surface area contributed by atoms with Crippen molar-refractivity contribution >= 4 is 11.6 Å². The zero-order valence-electron chi connectivity index (χ0n) is 30.5. The van der Waals surface area contributed by atoms with Gasteiger partial charge in [-0.1, -0.05) is 66.6 Å². The molecule has 274 valence electrons. The molecule has 0 radical (unpaired) electrons.